The molecule has 0 saturated heterocycles. The van der Waals surface area contributed by atoms with Crippen molar-refractivity contribution in [3.63, 3.8) is 0 Å². The van der Waals surface area contributed by atoms with Crippen molar-refractivity contribution in [2.24, 2.45) is 5.73 Å². The lowest BCUT2D eigenvalue weighted by atomic mass is 9.90. The molecule has 0 bridgehead atoms. The molecule has 6 nitrogen and oxygen atoms in total. The standard InChI is InChI=1S/C13H14N4O2.ClH/c14-13(18)17-8-1-2-12-10(5-8)9(3-4-19-12)11-6-15-7-16-11;/h1-2,5-7,9H,3-4H2,(H,15,16)(H3,14,17,18);1H. The number of nitrogens with zero attached hydrogens (tertiary/aromatic N) is 1. The van der Waals surface area contributed by atoms with Crippen molar-refractivity contribution >= 4 is 24.1 Å². The fourth-order valence-corrected chi connectivity index (χ4v) is 2.39. The fourth-order valence-electron chi connectivity index (χ4n) is 2.39. The number of halogens is 1. The van der Waals surface area contributed by atoms with Crippen LogP contribution in [0.4, 0.5) is 10.5 Å². The van der Waals surface area contributed by atoms with E-state index < -0.39 is 6.03 Å². The maximum atomic E-state index is 10.9. The third-order valence-electron chi connectivity index (χ3n) is 3.21. The number of primary amides is 1. The Morgan fingerprint density at radius 3 is 3.05 bits per heavy atom. The molecule has 7 heteroatoms. The number of amides is 2. The maximum absolute atomic E-state index is 10.9. The number of rotatable bonds is 2. The lowest BCUT2D eigenvalue weighted by Gasteiger charge is -2.25. The summed E-state index contributed by atoms with van der Waals surface area (Å²) < 4.78 is 5.63. The van der Waals surface area contributed by atoms with Gasteiger partial charge in [-0.05, 0) is 24.6 Å². The van der Waals surface area contributed by atoms with Crippen LogP contribution in [0.25, 0.3) is 0 Å². The van der Waals surface area contributed by atoms with Crippen LogP contribution in [0.5, 0.6) is 5.75 Å². The summed E-state index contributed by atoms with van der Waals surface area (Å²) in [6, 6.07) is 4.95. The summed E-state index contributed by atoms with van der Waals surface area (Å²) in [5.74, 6) is 1.03. The van der Waals surface area contributed by atoms with E-state index in [1.54, 1.807) is 12.4 Å². The van der Waals surface area contributed by atoms with Gasteiger partial charge in [0.05, 0.1) is 12.9 Å². The number of urea groups is 1. The number of ether oxygens (including phenoxy) is 1. The largest absolute Gasteiger partial charge is 0.493 e. The van der Waals surface area contributed by atoms with Crippen molar-refractivity contribution in [3.05, 3.63) is 42.0 Å². The van der Waals surface area contributed by atoms with Gasteiger partial charge in [-0.25, -0.2) is 9.78 Å². The summed E-state index contributed by atoms with van der Waals surface area (Å²) >= 11 is 0. The number of nitrogens with two attached hydrogens (primary N) is 1. The van der Waals surface area contributed by atoms with Gasteiger partial charge in [0.1, 0.15) is 5.75 Å². The molecule has 4 N–H and O–H groups in total. The topological polar surface area (TPSA) is 93.0 Å². The number of hydrogen-bond donors (Lipinski definition) is 3. The van der Waals surface area contributed by atoms with E-state index in [0.717, 1.165) is 23.4 Å². The second-order valence-electron chi connectivity index (χ2n) is 4.44. The van der Waals surface area contributed by atoms with Gasteiger partial charge in [0, 0.05) is 29.1 Å². The Morgan fingerprint density at radius 1 is 1.50 bits per heavy atom. The lowest BCUT2D eigenvalue weighted by molar-refractivity contribution is 0.259. The van der Waals surface area contributed by atoms with Crippen molar-refractivity contribution in [2.45, 2.75) is 12.3 Å². The third-order valence-corrected chi connectivity index (χ3v) is 3.21. The first kappa shape index (κ1) is 14.2. The van der Waals surface area contributed by atoms with E-state index in [4.69, 9.17) is 10.5 Å². The quantitative estimate of drug-likeness (QED) is 0.793. The van der Waals surface area contributed by atoms with Gasteiger partial charge in [0.2, 0.25) is 0 Å². The van der Waals surface area contributed by atoms with Gasteiger partial charge in [-0.2, -0.15) is 0 Å². The van der Waals surface area contributed by atoms with Crippen molar-refractivity contribution in [2.75, 3.05) is 11.9 Å². The maximum Gasteiger partial charge on any atom is 0.316 e. The predicted molar refractivity (Wildman–Crippen MR) is 77.4 cm³/mol. The molecule has 0 aliphatic carbocycles. The highest BCUT2D eigenvalue weighted by atomic mass is 35.5. The van der Waals surface area contributed by atoms with Gasteiger partial charge >= 0.3 is 6.03 Å². The van der Waals surface area contributed by atoms with E-state index in [-0.39, 0.29) is 18.3 Å². The summed E-state index contributed by atoms with van der Waals surface area (Å²) in [6.45, 7) is 0.666. The Hall–Kier alpha value is -2.21. The first-order chi connectivity index (χ1) is 9.24. The average molecular weight is 295 g/mol. The highest BCUT2D eigenvalue weighted by Crippen LogP contribution is 2.38. The van der Waals surface area contributed by atoms with Crippen LogP contribution >= 0.6 is 12.4 Å². The molecule has 1 aliphatic rings. The SMILES string of the molecule is Cl.NC(=O)Nc1ccc2c(c1)C(c1cnc[nH]1)CCO2. The van der Waals surface area contributed by atoms with Gasteiger partial charge in [-0.3, -0.25) is 0 Å². The van der Waals surface area contributed by atoms with Gasteiger partial charge in [-0.15, -0.1) is 12.4 Å². The van der Waals surface area contributed by atoms with Crippen LogP contribution in [0.15, 0.2) is 30.7 Å². The summed E-state index contributed by atoms with van der Waals surface area (Å²) in [6.07, 6.45) is 4.35. The Kier molecular flexibility index (Phi) is 4.14. The smallest absolute Gasteiger partial charge is 0.316 e. The molecule has 0 fully saturated rings. The number of anilines is 1. The second kappa shape index (κ2) is 5.83. The molecule has 20 heavy (non-hydrogen) atoms. The number of carbonyl (C=O) groups excluding carboxylic acids is 1. The summed E-state index contributed by atoms with van der Waals surface area (Å²) in [7, 11) is 0. The first-order valence-electron chi connectivity index (χ1n) is 6.05. The number of H-pyrrole nitrogens is 1. The number of imidazole rings is 1. The Bertz CT molecular complexity index is 600. The summed E-state index contributed by atoms with van der Waals surface area (Å²) in [5.41, 5.74) is 7.87. The molecule has 1 atom stereocenters. The molecule has 2 amide bonds. The summed E-state index contributed by atoms with van der Waals surface area (Å²) in [5, 5.41) is 2.58. The number of aromatic amines is 1. The van der Waals surface area contributed by atoms with Crippen molar-refractivity contribution in [1.82, 2.24) is 9.97 Å². The van der Waals surface area contributed by atoms with Crippen LogP contribution in [0.2, 0.25) is 0 Å². The van der Waals surface area contributed by atoms with Crippen molar-refractivity contribution in [1.29, 1.82) is 0 Å². The molecule has 1 aliphatic heterocycles. The molecule has 1 aromatic carbocycles. The normalized spacial score (nSPS) is 16.5. The number of benzene rings is 1. The van der Waals surface area contributed by atoms with Gasteiger partial charge in [0.15, 0.2) is 0 Å². The minimum absolute atomic E-state index is 0. The highest BCUT2D eigenvalue weighted by molar-refractivity contribution is 5.88. The van der Waals surface area contributed by atoms with Gasteiger partial charge in [-0.1, -0.05) is 0 Å². The Balaban J connectivity index is 0.00000147. The monoisotopic (exact) mass is 294 g/mol. The predicted octanol–water partition coefficient (Wildman–Crippen LogP) is 2.24. The molecule has 2 heterocycles. The minimum Gasteiger partial charge on any atom is -0.493 e. The zero-order chi connectivity index (χ0) is 13.2. The first-order valence-corrected chi connectivity index (χ1v) is 6.05. The van der Waals surface area contributed by atoms with Gasteiger partial charge in [0.25, 0.3) is 0 Å². The number of hydrogen-bond acceptors (Lipinski definition) is 3. The Morgan fingerprint density at radius 2 is 2.35 bits per heavy atom. The van der Waals surface area contributed by atoms with Gasteiger partial charge < -0.3 is 20.8 Å². The lowest BCUT2D eigenvalue weighted by Crippen LogP contribution is -2.20. The third kappa shape index (κ3) is 2.70. The average Bonchev–Trinajstić information content (AvgIpc) is 2.91. The molecular weight excluding hydrogens is 280 g/mol. The highest BCUT2D eigenvalue weighted by Gasteiger charge is 2.24. The fraction of sp³-hybridized carbons (Fsp3) is 0.231. The van der Waals surface area contributed by atoms with E-state index in [1.165, 1.54) is 0 Å². The van der Waals surface area contributed by atoms with Crippen LogP contribution < -0.4 is 15.8 Å². The molecule has 0 spiro atoms. The molecular formula is C13H15ClN4O2. The number of fused-ring (bicyclic) bond motifs is 1. The van der Waals surface area contributed by atoms with Crippen LogP contribution in [0.3, 0.4) is 0 Å². The molecule has 0 saturated carbocycles. The van der Waals surface area contributed by atoms with E-state index in [2.05, 4.69) is 15.3 Å². The van der Waals surface area contributed by atoms with Crippen molar-refractivity contribution in [3.8, 4) is 5.75 Å². The van der Waals surface area contributed by atoms with E-state index in [1.807, 2.05) is 18.3 Å². The number of nitrogens with one attached hydrogen (secondary N) is 2. The molecule has 106 valence electrons. The van der Waals surface area contributed by atoms with Crippen LogP contribution in [0, 0.1) is 0 Å². The van der Waals surface area contributed by atoms with E-state index in [9.17, 15) is 4.79 Å². The van der Waals surface area contributed by atoms with Crippen molar-refractivity contribution < 1.29 is 9.53 Å². The van der Waals surface area contributed by atoms with Crippen LogP contribution in [0.1, 0.15) is 23.6 Å². The molecule has 0 radical (unpaired) electrons. The minimum atomic E-state index is -0.574. The number of aromatic nitrogens is 2. The second-order valence-corrected chi connectivity index (χ2v) is 4.44. The van der Waals surface area contributed by atoms with E-state index in [0.29, 0.717) is 12.3 Å². The van der Waals surface area contributed by atoms with Crippen LogP contribution in [-0.4, -0.2) is 22.6 Å². The van der Waals surface area contributed by atoms with E-state index >= 15 is 0 Å². The number of carbonyl (C=O) groups is 1. The molecule has 3 rings (SSSR count). The molecule has 1 aromatic heterocycles. The summed E-state index contributed by atoms with van der Waals surface area (Å²) in [4.78, 5) is 18.1. The zero-order valence-electron chi connectivity index (χ0n) is 10.6. The molecule has 1 unspecified atom stereocenters. The molecule has 2 aromatic rings. The van der Waals surface area contributed by atoms with Crippen LogP contribution in [-0.2, 0) is 0 Å². The zero-order valence-corrected chi connectivity index (χ0v) is 11.4. The Labute approximate surface area is 122 Å².